The van der Waals surface area contributed by atoms with Crippen LogP contribution in [0.15, 0.2) is 30.3 Å². The summed E-state index contributed by atoms with van der Waals surface area (Å²) >= 11 is 0. The Balaban J connectivity index is 1.78. The lowest BCUT2D eigenvalue weighted by molar-refractivity contribution is 0.0932. The third-order valence-corrected chi connectivity index (χ3v) is 4.17. The van der Waals surface area contributed by atoms with Crippen molar-refractivity contribution < 1.29 is 4.79 Å². The highest BCUT2D eigenvalue weighted by molar-refractivity contribution is 5.93. The summed E-state index contributed by atoms with van der Waals surface area (Å²) in [5, 5.41) is 6.27. The highest BCUT2D eigenvalue weighted by atomic mass is 16.1. The molecule has 0 radical (unpaired) electrons. The fourth-order valence-corrected chi connectivity index (χ4v) is 2.90. The maximum absolute atomic E-state index is 12.4. The molecule has 1 aromatic heterocycles. The molecule has 1 aromatic carbocycles. The van der Waals surface area contributed by atoms with Crippen LogP contribution in [0.3, 0.4) is 0 Å². The number of nitrogens with zero attached hydrogens (tertiary/aromatic N) is 2. The quantitative estimate of drug-likeness (QED) is 0.907. The Bertz CT molecular complexity index is 708. The number of aryl methyl sites for hydroxylation is 2. The molecule has 1 amide bonds. The highest BCUT2D eigenvalue weighted by Crippen LogP contribution is 2.20. The predicted octanol–water partition coefficient (Wildman–Crippen LogP) is 3.51. The van der Waals surface area contributed by atoms with Gasteiger partial charge in [0.05, 0.1) is 0 Å². The van der Waals surface area contributed by atoms with Crippen molar-refractivity contribution in [3.05, 3.63) is 47.3 Å². The molecule has 1 aliphatic carbocycles. The van der Waals surface area contributed by atoms with E-state index in [1.807, 2.05) is 38.1 Å². The van der Waals surface area contributed by atoms with Crippen molar-refractivity contribution in [3.63, 3.8) is 0 Å². The van der Waals surface area contributed by atoms with Crippen LogP contribution in [-0.2, 0) is 0 Å². The number of anilines is 2. The summed E-state index contributed by atoms with van der Waals surface area (Å²) in [6.07, 6.45) is 4.50. The van der Waals surface area contributed by atoms with Crippen LogP contribution in [0.2, 0.25) is 0 Å². The van der Waals surface area contributed by atoms with Gasteiger partial charge in [0.1, 0.15) is 5.69 Å². The average Bonchev–Trinajstić information content (AvgIpc) is 3.02. The SMILES string of the molecule is Cc1cc(C(=O)NC2CCCC2)nc(Nc2ccccc2C)n1. The minimum absolute atomic E-state index is 0.116. The van der Waals surface area contributed by atoms with Gasteiger partial charge in [-0.1, -0.05) is 31.0 Å². The Morgan fingerprint density at radius 1 is 1.13 bits per heavy atom. The Labute approximate surface area is 136 Å². The van der Waals surface area contributed by atoms with Crippen molar-refractivity contribution in [3.8, 4) is 0 Å². The fourth-order valence-electron chi connectivity index (χ4n) is 2.90. The Kier molecular flexibility index (Phi) is 4.55. The monoisotopic (exact) mass is 310 g/mol. The van der Waals surface area contributed by atoms with Crippen molar-refractivity contribution in [2.24, 2.45) is 0 Å². The molecule has 1 heterocycles. The number of hydrogen-bond donors (Lipinski definition) is 2. The number of para-hydroxylation sites is 1. The van der Waals surface area contributed by atoms with E-state index in [9.17, 15) is 4.79 Å². The van der Waals surface area contributed by atoms with Crippen molar-refractivity contribution in [1.82, 2.24) is 15.3 Å². The molecule has 1 fully saturated rings. The minimum atomic E-state index is -0.116. The number of carbonyl (C=O) groups is 1. The summed E-state index contributed by atoms with van der Waals surface area (Å²) in [5.41, 5.74) is 3.24. The van der Waals surface area contributed by atoms with E-state index in [0.29, 0.717) is 11.6 Å². The molecule has 0 atom stereocenters. The summed E-state index contributed by atoms with van der Waals surface area (Å²) in [6.45, 7) is 3.89. The molecule has 1 saturated carbocycles. The molecule has 0 saturated heterocycles. The molecule has 0 bridgehead atoms. The van der Waals surface area contributed by atoms with E-state index in [-0.39, 0.29) is 11.9 Å². The van der Waals surface area contributed by atoms with Gasteiger partial charge >= 0.3 is 0 Å². The van der Waals surface area contributed by atoms with Crippen LogP contribution in [0.5, 0.6) is 0 Å². The molecule has 2 N–H and O–H groups in total. The van der Waals surface area contributed by atoms with Crippen molar-refractivity contribution in [2.45, 2.75) is 45.6 Å². The lowest BCUT2D eigenvalue weighted by Gasteiger charge is -2.13. The zero-order valence-electron chi connectivity index (χ0n) is 13.6. The van der Waals surface area contributed by atoms with E-state index in [4.69, 9.17) is 0 Å². The van der Waals surface area contributed by atoms with Crippen LogP contribution in [0.1, 0.15) is 47.4 Å². The van der Waals surface area contributed by atoms with Gasteiger partial charge in [0.2, 0.25) is 5.95 Å². The Morgan fingerprint density at radius 3 is 2.61 bits per heavy atom. The summed E-state index contributed by atoms with van der Waals surface area (Å²) in [6, 6.07) is 9.95. The molecule has 0 unspecified atom stereocenters. The number of carbonyl (C=O) groups excluding carboxylic acids is 1. The van der Waals surface area contributed by atoms with Gasteiger partial charge in [-0.15, -0.1) is 0 Å². The molecule has 5 nitrogen and oxygen atoms in total. The maximum Gasteiger partial charge on any atom is 0.270 e. The first kappa shape index (κ1) is 15.5. The summed E-state index contributed by atoms with van der Waals surface area (Å²) in [5.74, 6) is 0.339. The Hall–Kier alpha value is -2.43. The van der Waals surface area contributed by atoms with Gasteiger partial charge in [-0.25, -0.2) is 9.97 Å². The van der Waals surface area contributed by atoms with Crippen molar-refractivity contribution in [1.29, 1.82) is 0 Å². The van der Waals surface area contributed by atoms with Crippen LogP contribution in [0.4, 0.5) is 11.6 Å². The molecular formula is C18H22N4O. The van der Waals surface area contributed by atoms with E-state index >= 15 is 0 Å². The van der Waals surface area contributed by atoms with Crippen LogP contribution in [0, 0.1) is 13.8 Å². The third kappa shape index (κ3) is 3.86. The van der Waals surface area contributed by atoms with E-state index < -0.39 is 0 Å². The minimum Gasteiger partial charge on any atom is -0.348 e. The second-order valence-electron chi connectivity index (χ2n) is 6.11. The second kappa shape index (κ2) is 6.77. The zero-order chi connectivity index (χ0) is 16.2. The molecule has 120 valence electrons. The fraction of sp³-hybridized carbons (Fsp3) is 0.389. The van der Waals surface area contributed by atoms with E-state index in [1.54, 1.807) is 6.07 Å². The van der Waals surface area contributed by atoms with Crippen LogP contribution in [0.25, 0.3) is 0 Å². The molecular weight excluding hydrogens is 288 g/mol. The van der Waals surface area contributed by atoms with Gasteiger partial charge in [-0.2, -0.15) is 0 Å². The zero-order valence-corrected chi connectivity index (χ0v) is 13.6. The number of nitrogens with one attached hydrogen (secondary N) is 2. The van der Waals surface area contributed by atoms with Gasteiger partial charge in [0.15, 0.2) is 0 Å². The standard InChI is InChI=1S/C18H22N4O/c1-12-7-3-6-10-15(12)21-18-19-13(2)11-16(22-18)17(23)20-14-8-4-5-9-14/h3,6-7,10-11,14H,4-5,8-9H2,1-2H3,(H,20,23)(H,19,21,22). The van der Waals surface area contributed by atoms with Gasteiger partial charge in [0, 0.05) is 17.4 Å². The van der Waals surface area contributed by atoms with Gasteiger partial charge in [-0.3, -0.25) is 4.79 Å². The molecule has 5 heteroatoms. The topological polar surface area (TPSA) is 66.9 Å². The van der Waals surface area contributed by atoms with E-state index in [1.165, 1.54) is 12.8 Å². The Morgan fingerprint density at radius 2 is 1.87 bits per heavy atom. The molecule has 0 aliphatic heterocycles. The average molecular weight is 310 g/mol. The summed E-state index contributed by atoms with van der Waals surface area (Å²) < 4.78 is 0. The number of rotatable bonds is 4. The number of benzene rings is 1. The highest BCUT2D eigenvalue weighted by Gasteiger charge is 2.19. The number of aromatic nitrogens is 2. The van der Waals surface area contributed by atoms with E-state index in [2.05, 4.69) is 20.6 Å². The summed E-state index contributed by atoms with van der Waals surface area (Å²) in [4.78, 5) is 21.2. The van der Waals surface area contributed by atoms with Crippen molar-refractivity contribution in [2.75, 3.05) is 5.32 Å². The largest absolute Gasteiger partial charge is 0.348 e. The first-order chi connectivity index (χ1) is 11.1. The van der Waals surface area contributed by atoms with Gasteiger partial charge in [-0.05, 0) is 44.4 Å². The van der Waals surface area contributed by atoms with Crippen LogP contribution < -0.4 is 10.6 Å². The lowest BCUT2D eigenvalue weighted by atomic mass is 10.2. The molecule has 2 aromatic rings. The first-order valence-electron chi connectivity index (χ1n) is 8.11. The van der Waals surface area contributed by atoms with Crippen LogP contribution in [-0.4, -0.2) is 21.9 Å². The van der Waals surface area contributed by atoms with Gasteiger partial charge in [0.25, 0.3) is 5.91 Å². The smallest absolute Gasteiger partial charge is 0.270 e. The second-order valence-corrected chi connectivity index (χ2v) is 6.11. The summed E-state index contributed by atoms with van der Waals surface area (Å²) in [7, 11) is 0. The first-order valence-corrected chi connectivity index (χ1v) is 8.11. The number of amides is 1. The lowest BCUT2D eigenvalue weighted by Crippen LogP contribution is -2.33. The van der Waals surface area contributed by atoms with Gasteiger partial charge < -0.3 is 10.6 Å². The molecule has 1 aliphatic rings. The van der Waals surface area contributed by atoms with Crippen LogP contribution >= 0.6 is 0 Å². The van der Waals surface area contributed by atoms with E-state index in [0.717, 1.165) is 29.8 Å². The normalized spacial score (nSPS) is 14.7. The maximum atomic E-state index is 12.4. The van der Waals surface area contributed by atoms with Crippen molar-refractivity contribution >= 4 is 17.5 Å². The third-order valence-electron chi connectivity index (χ3n) is 4.17. The molecule has 23 heavy (non-hydrogen) atoms. The molecule has 0 spiro atoms. The predicted molar refractivity (Wildman–Crippen MR) is 91.0 cm³/mol. The number of hydrogen-bond acceptors (Lipinski definition) is 4. The molecule has 3 rings (SSSR count).